The van der Waals surface area contributed by atoms with Crippen LogP contribution in [0.5, 0.6) is 0 Å². The Balaban J connectivity index is 0.00000364. The molecule has 0 saturated carbocycles. The summed E-state index contributed by atoms with van der Waals surface area (Å²) in [5.41, 5.74) is 0.621. The van der Waals surface area contributed by atoms with Gasteiger partial charge in [-0.15, -0.1) is 24.0 Å². The molecule has 27 heavy (non-hydrogen) atoms. The largest absolute Gasteiger partial charge is 0.357 e. The van der Waals surface area contributed by atoms with Crippen LogP contribution in [0.25, 0.3) is 0 Å². The Labute approximate surface area is 186 Å². The monoisotopic (exact) mass is 551 g/mol. The first-order valence-corrected chi connectivity index (χ1v) is 9.63. The zero-order valence-corrected chi connectivity index (χ0v) is 19.6. The molecule has 7 nitrogen and oxygen atoms in total. The molecule has 2 amide bonds. The van der Waals surface area contributed by atoms with E-state index in [1.165, 1.54) is 0 Å². The van der Waals surface area contributed by atoms with Crippen molar-refractivity contribution < 1.29 is 9.59 Å². The molecule has 0 aromatic heterocycles. The SMILES string of the molecule is CCNC(=NCCNC(=O)c1cccc(Br)c1)N1CCN(C(C)=O)CC1.I. The second-order valence-corrected chi connectivity index (χ2v) is 6.91. The topological polar surface area (TPSA) is 77.0 Å². The predicted molar refractivity (Wildman–Crippen MR) is 122 cm³/mol. The van der Waals surface area contributed by atoms with Gasteiger partial charge in [-0.1, -0.05) is 22.0 Å². The van der Waals surface area contributed by atoms with Gasteiger partial charge >= 0.3 is 0 Å². The molecule has 0 aliphatic carbocycles. The van der Waals surface area contributed by atoms with Gasteiger partial charge < -0.3 is 20.4 Å². The van der Waals surface area contributed by atoms with E-state index < -0.39 is 0 Å². The van der Waals surface area contributed by atoms with Crippen molar-refractivity contribution >= 4 is 57.7 Å². The van der Waals surface area contributed by atoms with Crippen LogP contribution in [0.4, 0.5) is 0 Å². The Morgan fingerprint density at radius 1 is 1.15 bits per heavy atom. The second kappa shape index (κ2) is 12.2. The lowest BCUT2D eigenvalue weighted by molar-refractivity contribution is -0.130. The Kier molecular flexibility index (Phi) is 10.7. The van der Waals surface area contributed by atoms with E-state index in [0.29, 0.717) is 31.7 Å². The maximum absolute atomic E-state index is 12.1. The standard InChI is InChI=1S/C18H26BrN5O2.HI/c1-3-20-18(24-11-9-23(10-12-24)14(2)25)22-8-7-21-17(26)15-5-4-6-16(19)13-15;/h4-6,13H,3,7-12H2,1-2H3,(H,20,22)(H,21,26);1H. The summed E-state index contributed by atoms with van der Waals surface area (Å²) in [6.07, 6.45) is 0. The van der Waals surface area contributed by atoms with E-state index in [1.807, 2.05) is 24.0 Å². The molecule has 1 aliphatic heterocycles. The number of benzene rings is 1. The summed E-state index contributed by atoms with van der Waals surface area (Å²) in [5.74, 6) is 0.829. The van der Waals surface area contributed by atoms with Gasteiger partial charge in [0.15, 0.2) is 5.96 Å². The highest BCUT2D eigenvalue weighted by molar-refractivity contribution is 14.0. The van der Waals surface area contributed by atoms with Gasteiger partial charge in [0.2, 0.25) is 5.91 Å². The number of aliphatic imine (C=N–C) groups is 1. The van der Waals surface area contributed by atoms with Crippen molar-refractivity contribution in [3.05, 3.63) is 34.3 Å². The molecule has 2 N–H and O–H groups in total. The third-order valence-corrected chi connectivity index (χ3v) is 4.60. The van der Waals surface area contributed by atoms with Gasteiger partial charge in [-0.2, -0.15) is 0 Å². The lowest BCUT2D eigenvalue weighted by atomic mass is 10.2. The Bertz CT molecular complexity index is 663. The van der Waals surface area contributed by atoms with E-state index in [-0.39, 0.29) is 35.8 Å². The normalized spacial score (nSPS) is 14.4. The maximum Gasteiger partial charge on any atom is 0.251 e. The number of nitrogens with zero attached hydrogens (tertiary/aromatic N) is 3. The molecule has 0 unspecified atom stereocenters. The first-order valence-electron chi connectivity index (χ1n) is 8.83. The Morgan fingerprint density at radius 2 is 1.81 bits per heavy atom. The minimum atomic E-state index is -0.110. The van der Waals surface area contributed by atoms with Gasteiger partial charge in [0, 0.05) is 56.2 Å². The number of nitrogens with one attached hydrogen (secondary N) is 2. The van der Waals surface area contributed by atoms with Gasteiger partial charge in [-0.05, 0) is 25.1 Å². The minimum Gasteiger partial charge on any atom is -0.357 e. The van der Waals surface area contributed by atoms with Crippen LogP contribution in [-0.2, 0) is 4.79 Å². The molecule has 150 valence electrons. The third kappa shape index (κ3) is 7.65. The van der Waals surface area contributed by atoms with E-state index in [2.05, 4.69) is 36.5 Å². The van der Waals surface area contributed by atoms with Crippen LogP contribution in [0.2, 0.25) is 0 Å². The van der Waals surface area contributed by atoms with E-state index in [0.717, 1.165) is 30.1 Å². The Morgan fingerprint density at radius 3 is 2.41 bits per heavy atom. The first-order chi connectivity index (χ1) is 12.5. The third-order valence-electron chi connectivity index (χ3n) is 4.11. The van der Waals surface area contributed by atoms with Crippen LogP contribution in [0, 0.1) is 0 Å². The summed E-state index contributed by atoms with van der Waals surface area (Å²) in [6.45, 7) is 8.29. The van der Waals surface area contributed by atoms with Crippen LogP contribution >= 0.6 is 39.9 Å². The van der Waals surface area contributed by atoms with Crippen molar-refractivity contribution in [1.29, 1.82) is 0 Å². The lowest BCUT2D eigenvalue weighted by Gasteiger charge is -2.36. The second-order valence-electron chi connectivity index (χ2n) is 6.00. The van der Waals surface area contributed by atoms with Crippen molar-refractivity contribution in [2.45, 2.75) is 13.8 Å². The van der Waals surface area contributed by atoms with Crippen LogP contribution < -0.4 is 10.6 Å². The van der Waals surface area contributed by atoms with Gasteiger partial charge in [0.1, 0.15) is 0 Å². The van der Waals surface area contributed by atoms with Gasteiger partial charge in [-0.25, -0.2) is 0 Å². The van der Waals surface area contributed by atoms with Crippen molar-refractivity contribution in [2.24, 2.45) is 4.99 Å². The molecule has 2 rings (SSSR count). The number of piperazine rings is 1. The molecule has 1 aromatic rings. The summed E-state index contributed by atoms with van der Waals surface area (Å²) >= 11 is 3.37. The highest BCUT2D eigenvalue weighted by Crippen LogP contribution is 2.11. The first kappa shape index (κ1) is 23.7. The summed E-state index contributed by atoms with van der Waals surface area (Å²) in [5, 5.41) is 6.16. The summed E-state index contributed by atoms with van der Waals surface area (Å²) in [7, 11) is 0. The van der Waals surface area contributed by atoms with Crippen molar-refractivity contribution in [3.8, 4) is 0 Å². The predicted octanol–water partition coefficient (Wildman–Crippen LogP) is 1.93. The quantitative estimate of drug-likeness (QED) is 0.254. The molecule has 0 radical (unpaired) electrons. The van der Waals surface area contributed by atoms with E-state index >= 15 is 0 Å². The number of guanidine groups is 1. The van der Waals surface area contributed by atoms with Crippen molar-refractivity contribution in [3.63, 3.8) is 0 Å². The van der Waals surface area contributed by atoms with Gasteiger partial charge in [0.05, 0.1) is 6.54 Å². The minimum absolute atomic E-state index is 0. The number of amides is 2. The highest BCUT2D eigenvalue weighted by Gasteiger charge is 2.20. The van der Waals surface area contributed by atoms with Crippen LogP contribution in [-0.4, -0.2) is 73.4 Å². The number of hydrogen-bond acceptors (Lipinski definition) is 3. The van der Waals surface area contributed by atoms with E-state index in [4.69, 9.17) is 0 Å². The fourth-order valence-electron chi connectivity index (χ4n) is 2.72. The van der Waals surface area contributed by atoms with Crippen LogP contribution in [0.1, 0.15) is 24.2 Å². The molecule has 0 bridgehead atoms. The zero-order chi connectivity index (χ0) is 18.9. The number of carbonyl (C=O) groups is 2. The molecule has 0 spiro atoms. The van der Waals surface area contributed by atoms with Gasteiger partial charge in [0.25, 0.3) is 5.91 Å². The molecule has 1 saturated heterocycles. The molecule has 0 atom stereocenters. The summed E-state index contributed by atoms with van der Waals surface area (Å²) < 4.78 is 0.877. The van der Waals surface area contributed by atoms with E-state index in [1.54, 1.807) is 19.1 Å². The maximum atomic E-state index is 12.1. The van der Waals surface area contributed by atoms with Crippen LogP contribution in [0.3, 0.4) is 0 Å². The average Bonchev–Trinajstić information content (AvgIpc) is 2.64. The summed E-state index contributed by atoms with van der Waals surface area (Å²) in [6, 6.07) is 7.29. The summed E-state index contributed by atoms with van der Waals surface area (Å²) in [4.78, 5) is 32.1. The van der Waals surface area contributed by atoms with Crippen LogP contribution in [0.15, 0.2) is 33.7 Å². The lowest BCUT2D eigenvalue weighted by Crippen LogP contribution is -2.53. The fraction of sp³-hybridized carbons (Fsp3) is 0.500. The molecular weight excluding hydrogens is 525 g/mol. The number of halogens is 2. The number of hydrogen-bond donors (Lipinski definition) is 2. The molecule has 1 aromatic carbocycles. The van der Waals surface area contributed by atoms with E-state index in [9.17, 15) is 9.59 Å². The molecule has 1 aliphatic rings. The fourth-order valence-corrected chi connectivity index (χ4v) is 3.12. The number of carbonyl (C=O) groups excluding carboxylic acids is 2. The molecule has 1 heterocycles. The van der Waals surface area contributed by atoms with Crippen molar-refractivity contribution in [2.75, 3.05) is 45.8 Å². The van der Waals surface area contributed by atoms with Gasteiger partial charge in [-0.3, -0.25) is 14.6 Å². The average molecular weight is 552 g/mol. The molecule has 1 fully saturated rings. The Hall–Kier alpha value is -1.36. The molecule has 9 heteroatoms. The molecular formula is C18H27BrIN5O2. The van der Waals surface area contributed by atoms with Crippen molar-refractivity contribution in [1.82, 2.24) is 20.4 Å². The smallest absolute Gasteiger partial charge is 0.251 e. The highest BCUT2D eigenvalue weighted by atomic mass is 127. The number of rotatable bonds is 5. The zero-order valence-electron chi connectivity index (χ0n) is 15.7.